The molecule has 4 aromatic rings. The Hall–Kier alpha value is -3.23. The Labute approximate surface area is 184 Å². The number of rotatable bonds is 6. The highest BCUT2D eigenvalue weighted by Gasteiger charge is 2.12. The first-order valence-corrected chi connectivity index (χ1v) is 12.2. The number of thiazole rings is 1. The molecule has 0 radical (unpaired) electrons. The van der Waals surface area contributed by atoms with Gasteiger partial charge in [0.1, 0.15) is 5.75 Å². The maximum Gasteiger partial charge on any atom is 0.264 e. The number of nitrogens with zero attached hydrogens (tertiary/aromatic N) is 1. The summed E-state index contributed by atoms with van der Waals surface area (Å²) in [7, 11) is -3.30. The van der Waals surface area contributed by atoms with Gasteiger partial charge in [-0.1, -0.05) is 53.3 Å². The van der Waals surface area contributed by atoms with Crippen molar-refractivity contribution in [3.63, 3.8) is 0 Å². The molecule has 8 heteroatoms. The standard InChI is InChI=1S/C23H20N2O4S2/c1-15-3-5-16(6-4-15)17-7-9-18(10-8-17)29-14-22(26)25-23-24-20-12-11-19(31(2,27)28)13-21(20)30-23/h3-13H,14H2,1-2H3,(H,24,25,26). The molecule has 1 aromatic heterocycles. The number of carbonyl (C=O) groups is 1. The van der Waals surface area contributed by atoms with E-state index in [0.29, 0.717) is 21.1 Å². The van der Waals surface area contributed by atoms with Crippen LogP contribution in [0.4, 0.5) is 5.13 Å². The molecule has 0 atom stereocenters. The van der Waals surface area contributed by atoms with Crippen molar-refractivity contribution in [2.45, 2.75) is 11.8 Å². The Bertz CT molecular complexity index is 1340. The van der Waals surface area contributed by atoms with Crippen LogP contribution in [0.15, 0.2) is 71.6 Å². The number of aromatic nitrogens is 1. The minimum absolute atomic E-state index is 0.158. The van der Waals surface area contributed by atoms with Crippen LogP contribution >= 0.6 is 11.3 Å². The lowest BCUT2D eigenvalue weighted by Gasteiger charge is -2.07. The molecule has 31 heavy (non-hydrogen) atoms. The molecule has 1 heterocycles. The molecule has 0 saturated heterocycles. The number of ether oxygens (including phenoxy) is 1. The fourth-order valence-electron chi connectivity index (χ4n) is 2.98. The van der Waals surface area contributed by atoms with E-state index in [9.17, 15) is 13.2 Å². The number of aryl methyl sites for hydroxylation is 1. The lowest BCUT2D eigenvalue weighted by atomic mass is 10.0. The Morgan fingerprint density at radius 1 is 1.00 bits per heavy atom. The highest BCUT2D eigenvalue weighted by atomic mass is 32.2. The largest absolute Gasteiger partial charge is 0.484 e. The Morgan fingerprint density at radius 3 is 2.29 bits per heavy atom. The monoisotopic (exact) mass is 452 g/mol. The van der Waals surface area contributed by atoms with Gasteiger partial charge in [0.05, 0.1) is 15.1 Å². The maximum atomic E-state index is 12.2. The van der Waals surface area contributed by atoms with Crippen molar-refractivity contribution in [1.82, 2.24) is 4.98 Å². The fraction of sp³-hybridized carbons (Fsp3) is 0.130. The van der Waals surface area contributed by atoms with E-state index in [1.165, 1.54) is 23.0 Å². The average Bonchev–Trinajstić information content (AvgIpc) is 3.14. The molecule has 1 amide bonds. The second-order valence-corrected chi connectivity index (χ2v) is 10.2. The number of nitrogens with one attached hydrogen (secondary N) is 1. The van der Waals surface area contributed by atoms with Gasteiger partial charge in [-0.3, -0.25) is 10.1 Å². The number of hydrogen-bond donors (Lipinski definition) is 1. The third-order valence-electron chi connectivity index (χ3n) is 4.64. The minimum atomic E-state index is -3.30. The van der Waals surface area contributed by atoms with Crippen molar-refractivity contribution < 1.29 is 17.9 Å². The minimum Gasteiger partial charge on any atom is -0.484 e. The molecule has 6 nitrogen and oxygen atoms in total. The Balaban J connectivity index is 1.37. The van der Waals surface area contributed by atoms with Crippen LogP contribution in [-0.2, 0) is 14.6 Å². The first kappa shape index (κ1) is 21.0. The summed E-state index contributed by atoms with van der Waals surface area (Å²) < 4.78 is 29.6. The van der Waals surface area contributed by atoms with E-state index in [4.69, 9.17) is 4.74 Å². The summed E-state index contributed by atoms with van der Waals surface area (Å²) >= 11 is 1.22. The number of benzene rings is 3. The summed E-state index contributed by atoms with van der Waals surface area (Å²) in [6.45, 7) is 1.89. The molecule has 0 fully saturated rings. The van der Waals surface area contributed by atoms with Crippen molar-refractivity contribution in [1.29, 1.82) is 0 Å². The van der Waals surface area contributed by atoms with Crippen LogP contribution in [0.3, 0.4) is 0 Å². The second-order valence-electron chi connectivity index (χ2n) is 7.15. The lowest BCUT2D eigenvalue weighted by molar-refractivity contribution is -0.118. The summed E-state index contributed by atoms with van der Waals surface area (Å²) in [4.78, 5) is 16.8. The molecular formula is C23H20N2O4S2. The molecule has 0 saturated carbocycles. The van der Waals surface area contributed by atoms with E-state index in [0.717, 1.165) is 17.4 Å². The molecule has 0 unspecified atom stereocenters. The molecule has 4 rings (SSSR count). The second kappa shape index (κ2) is 8.49. The molecule has 158 valence electrons. The Morgan fingerprint density at radius 2 is 1.65 bits per heavy atom. The number of fused-ring (bicyclic) bond motifs is 1. The smallest absolute Gasteiger partial charge is 0.264 e. The molecule has 0 spiro atoms. The van der Waals surface area contributed by atoms with Crippen molar-refractivity contribution in [3.8, 4) is 16.9 Å². The summed E-state index contributed by atoms with van der Waals surface area (Å²) in [6, 6.07) is 20.5. The van der Waals surface area contributed by atoms with Crippen LogP contribution < -0.4 is 10.1 Å². The lowest BCUT2D eigenvalue weighted by Crippen LogP contribution is -2.19. The Kier molecular flexibility index (Phi) is 5.75. The highest BCUT2D eigenvalue weighted by molar-refractivity contribution is 7.90. The molecule has 0 aliphatic carbocycles. The van der Waals surface area contributed by atoms with Crippen LogP contribution in [0.5, 0.6) is 5.75 Å². The quantitative estimate of drug-likeness (QED) is 0.459. The third kappa shape index (κ3) is 5.10. The van der Waals surface area contributed by atoms with Crippen molar-refractivity contribution in [3.05, 3.63) is 72.3 Å². The zero-order valence-electron chi connectivity index (χ0n) is 17.0. The van der Waals surface area contributed by atoms with Crippen LogP contribution in [-0.4, -0.2) is 32.2 Å². The van der Waals surface area contributed by atoms with Gasteiger partial charge in [0.25, 0.3) is 5.91 Å². The van der Waals surface area contributed by atoms with Crippen molar-refractivity contribution in [2.75, 3.05) is 18.2 Å². The van der Waals surface area contributed by atoms with Gasteiger partial charge in [-0.2, -0.15) is 0 Å². The van der Waals surface area contributed by atoms with Crippen molar-refractivity contribution in [2.24, 2.45) is 0 Å². The van der Waals surface area contributed by atoms with Crippen LogP contribution in [0.25, 0.3) is 21.3 Å². The van der Waals surface area contributed by atoms with E-state index < -0.39 is 9.84 Å². The highest BCUT2D eigenvalue weighted by Crippen LogP contribution is 2.28. The van der Waals surface area contributed by atoms with Gasteiger partial charge in [0.2, 0.25) is 0 Å². The summed E-state index contributed by atoms with van der Waals surface area (Å²) in [5, 5.41) is 3.09. The van der Waals surface area contributed by atoms with Gasteiger partial charge in [-0.15, -0.1) is 0 Å². The zero-order chi connectivity index (χ0) is 22.0. The number of hydrogen-bond acceptors (Lipinski definition) is 6. The average molecular weight is 453 g/mol. The van der Waals surface area contributed by atoms with Gasteiger partial charge in [0, 0.05) is 6.26 Å². The molecule has 1 N–H and O–H groups in total. The number of sulfone groups is 1. The van der Waals surface area contributed by atoms with Crippen LogP contribution in [0.1, 0.15) is 5.56 Å². The predicted molar refractivity (Wildman–Crippen MR) is 123 cm³/mol. The molecule has 3 aromatic carbocycles. The van der Waals surface area contributed by atoms with Gasteiger partial charge in [0.15, 0.2) is 21.6 Å². The molecule has 0 bridgehead atoms. The zero-order valence-corrected chi connectivity index (χ0v) is 18.6. The van der Waals surface area contributed by atoms with Gasteiger partial charge >= 0.3 is 0 Å². The first-order chi connectivity index (χ1) is 14.8. The van der Waals surface area contributed by atoms with E-state index in [1.807, 2.05) is 31.2 Å². The number of anilines is 1. The topological polar surface area (TPSA) is 85.4 Å². The van der Waals surface area contributed by atoms with E-state index in [2.05, 4.69) is 34.6 Å². The summed E-state index contributed by atoms with van der Waals surface area (Å²) in [5.74, 6) is 0.248. The number of amides is 1. The fourth-order valence-corrected chi connectivity index (χ4v) is 4.63. The van der Waals surface area contributed by atoms with Gasteiger partial charge in [-0.05, 0) is 48.4 Å². The maximum absolute atomic E-state index is 12.2. The molecule has 0 aliphatic heterocycles. The van der Waals surface area contributed by atoms with Crippen LogP contribution in [0.2, 0.25) is 0 Å². The molecule has 0 aliphatic rings. The summed E-state index contributed by atoms with van der Waals surface area (Å²) in [6.07, 6.45) is 1.16. The van der Waals surface area contributed by atoms with E-state index in [-0.39, 0.29) is 17.4 Å². The first-order valence-electron chi connectivity index (χ1n) is 9.48. The predicted octanol–water partition coefficient (Wildman–Crippen LogP) is 4.69. The molecular weight excluding hydrogens is 432 g/mol. The summed E-state index contributed by atoms with van der Waals surface area (Å²) in [5.41, 5.74) is 4.02. The van der Waals surface area contributed by atoms with E-state index >= 15 is 0 Å². The van der Waals surface area contributed by atoms with Crippen molar-refractivity contribution >= 4 is 42.4 Å². The normalized spacial score (nSPS) is 11.4. The van der Waals surface area contributed by atoms with Crippen LogP contribution in [0, 0.1) is 6.92 Å². The SMILES string of the molecule is Cc1ccc(-c2ccc(OCC(=O)Nc3nc4ccc(S(C)(=O)=O)cc4s3)cc2)cc1. The van der Waals surface area contributed by atoms with Gasteiger partial charge in [-0.25, -0.2) is 13.4 Å². The number of carbonyl (C=O) groups excluding carboxylic acids is 1. The van der Waals surface area contributed by atoms with Gasteiger partial charge < -0.3 is 4.74 Å². The van der Waals surface area contributed by atoms with E-state index in [1.54, 1.807) is 12.1 Å². The third-order valence-corrected chi connectivity index (χ3v) is 6.69.